The van der Waals surface area contributed by atoms with E-state index in [2.05, 4.69) is 18.8 Å². The summed E-state index contributed by atoms with van der Waals surface area (Å²) >= 11 is 0. The predicted molar refractivity (Wildman–Crippen MR) is 37.0 cm³/mol. The summed E-state index contributed by atoms with van der Waals surface area (Å²) in [6, 6.07) is 0. The Morgan fingerprint density at radius 1 is 1.62 bits per heavy atom. The highest BCUT2D eigenvalue weighted by atomic mass is 14.7. The molecule has 0 unspecified atom stereocenters. The van der Waals surface area contributed by atoms with Crippen LogP contribution in [-0.2, 0) is 0 Å². The van der Waals surface area contributed by atoms with Gasteiger partial charge in [0.15, 0.2) is 0 Å². The fourth-order valence-electron chi connectivity index (χ4n) is 0.324. The van der Waals surface area contributed by atoms with Gasteiger partial charge in [-0.25, -0.2) is 0 Å². The highest BCUT2D eigenvalue weighted by Crippen LogP contribution is 1.83. The van der Waals surface area contributed by atoms with E-state index in [-0.39, 0.29) is 0 Å². The second-order valence-electron chi connectivity index (χ2n) is 1.96. The van der Waals surface area contributed by atoms with E-state index in [1.807, 2.05) is 6.21 Å². The van der Waals surface area contributed by atoms with Gasteiger partial charge in [-0.1, -0.05) is 13.8 Å². The van der Waals surface area contributed by atoms with Crippen LogP contribution in [0.1, 0.15) is 13.8 Å². The highest BCUT2D eigenvalue weighted by Gasteiger charge is 1.80. The first-order valence-corrected chi connectivity index (χ1v) is 2.76. The zero-order valence-corrected chi connectivity index (χ0v) is 5.39. The van der Waals surface area contributed by atoms with Crippen molar-refractivity contribution in [2.75, 3.05) is 6.54 Å². The van der Waals surface area contributed by atoms with Gasteiger partial charge in [-0.2, -0.15) is 0 Å². The van der Waals surface area contributed by atoms with Crippen molar-refractivity contribution >= 4 is 12.4 Å². The maximum absolute atomic E-state index is 6.61. The minimum absolute atomic E-state index is 0.509. The molecule has 0 radical (unpaired) electrons. The van der Waals surface area contributed by atoms with E-state index in [1.54, 1.807) is 0 Å². The second-order valence-corrected chi connectivity index (χ2v) is 1.96. The molecule has 0 rings (SSSR count). The van der Waals surface area contributed by atoms with Crippen molar-refractivity contribution in [3.05, 3.63) is 0 Å². The quantitative estimate of drug-likeness (QED) is 0.535. The van der Waals surface area contributed by atoms with Gasteiger partial charge in [-0.15, -0.1) is 0 Å². The lowest BCUT2D eigenvalue weighted by molar-refractivity contribution is 0.903. The van der Waals surface area contributed by atoms with Crippen LogP contribution in [0.3, 0.4) is 0 Å². The van der Waals surface area contributed by atoms with Crippen molar-refractivity contribution in [3.8, 4) is 0 Å². The Hall–Kier alpha value is -0.660. The Kier molecular flexibility index (Phi) is 4.13. The van der Waals surface area contributed by atoms with Crippen molar-refractivity contribution in [2.45, 2.75) is 13.8 Å². The molecule has 0 spiro atoms. The molecule has 2 nitrogen and oxygen atoms in total. The second kappa shape index (κ2) is 4.50. The van der Waals surface area contributed by atoms with Crippen LogP contribution in [0.25, 0.3) is 0 Å². The number of aliphatic imine (C=N–C) groups is 1. The van der Waals surface area contributed by atoms with Crippen molar-refractivity contribution < 1.29 is 0 Å². The molecule has 8 heavy (non-hydrogen) atoms. The third-order valence-corrected chi connectivity index (χ3v) is 0.600. The van der Waals surface area contributed by atoms with Gasteiger partial charge in [0.05, 0.1) is 6.54 Å². The number of hydrogen-bond acceptors (Lipinski definition) is 2. The lowest BCUT2D eigenvalue weighted by Gasteiger charge is -1.88. The summed E-state index contributed by atoms with van der Waals surface area (Å²) in [5.74, 6) is 0.509. The van der Waals surface area contributed by atoms with E-state index in [0.29, 0.717) is 12.5 Å². The number of hydrogen-bond donors (Lipinski definition) is 1. The zero-order chi connectivity index (χ0) is 6.41. The molecule has 0 aliphatic carbocycles. The molecule has 0 aromatic carbocycles. The van der Waals surface area contributed by atoms with Crippen LogP contribution in [0.4, 0.5) is 0 Å². The number of nitrogens with zero attached hydrogens (tertiary/aromatic N) is 1. The molecule has 0 saturated carbocycles. The van der Waals surface area contributed by atoms with E-state index in [1.165, 1.54) is 6.21 Å². The SMILES string of the molecule is CC(C)C=NCC=N. The molecular weight excluding hydrogens is 100 g/mol. The van der Waals surface area contributed by atoms with Gasteiger partial charge in [0.25, 0.3) is 0 Å². The normalized spacial score (nSPS) is 10.9. The molecule has 0 aromatic rings. The summed E-state index contributed by atoms with van der Waals surface area (Å²) in [6.45, 7) is 4.65. The molecule has 0 atom stereocenters. The van der Waals surface area contributed by atoms with Crippen molar-refractivity contribution in [1.82, 2.24) is 0 Å². The zero-order valence-electron chi connectivity index (χ0n) is 5.39. The first-order valence-electron chi connectivity index (χ1n) is 2.76. The third kappa shape index (κ3) is 5.34. The summed E-state index contributed by atoms with van der Waals surface area (Å²) in [5.41, 5.74) is 0. The Morgan fingerprint density at radius 2 is 2.25 bits per heavy atom. The molecule has 1 N–H and O–H groups in total. The summed E-state index contributed by atoms with van der Waals surface area (Å²) in [7, 11) is 0. The van der Waals surface area contributed by atoms with Crippen molar-refractivity contribution in [3.63, 3.8) is 0 Å². The molecule has 0 amide bonds. The van der Waals surface area contributed by atoms with Crippen LogP contribution in [0, 0.1) is 11.3 Å². The minimum atomic E-state index is 0.509. The molecule has 0 aliphatic rings. The monoisotopic (exact) mass is 112 g/mol. The van der Waals surface area contributed by atoms with Gasteiger partial charge >= 0.3 is 0 Å². The lowest BCUT2D eigenvalue weighted by atomic mass is 10.2. The molecule has 0 saturated heterocycles. The first kappa shape index (κ1) is 7.34. The summed E-state index contributed by atoms with van der Waals surface area (Å²) in [4.78, 5) is 3.92. The van der Waals surface area contributed by atoms with E-state index >= 15 is 0 Å². The summed E-state index contributed by atoms with van der Waals surface area (Å²) in [5, 5.41) is 6.61. The molecule has 0 bridgehead atoms. The standard InChI is InChI=1S/C6H12N2/c1-6(2)5-8-4-3-7/h3,5-7H,4H2,1-2H3. The Balaban J connectivity index is 3.19. The molecule has 46 valence electrons. The van der Waals surface area contributed by atoms with Gasteiger partial charge in [0.1, 0.15) is 0 Å². The van der Waals surface area contributed by atoms with Crippen LogP contribution in [-0.4, -0.2) is 19.0 Å². The summed E-state index contributed by atoms with van der Waals surface area (Å²) in [6.07, 6.45) is 3.14. The molecule has 0 fully saturated rings. The molecule has 0 heterocycles. The maximum Gasteiger partial charge on any atom is 0.0731 e. The Bertz CT molecular complexity index is 84.5. The molecular formula is C6H12N2. The third-order valence-electron chi connectivity index (χ3n) is 0.600. The van der Waals surface area contributed by atoms with Crippen LogP contribution in [0.5, 0.6) is 0 Å². The summed E-state index contributed by atoms with van der Waals surface area (Å²) < 4.78 is 0. The smallest absolute Gasteiger partial charge is 0.0731 e. The number of rotatable bonds is 3. The average molecular weight is 112 g/mol. The lowest BCUT2D eigenvalue weighted by Crippen LogP contribution is -1.88. The van der Waals surface area contributed by atoms with Crippen molar-refractivity contribution in [2.24, 2.45) is 10.9 Å². The Morgan fingerprint density at radius 3 is 2.62 bits per heavy atom. The van der Waals surface area contributed by atoms with E-state index in [0.717, 1.165) is 0 Å². The van der Waals surface area contributed by atoms with Crippen LogP contribution < -0.4 is 0 Å². The minimum Gasteiger partial charge on any atom is -0.311 e. The van der Waals surface area contributed by atoms with E-state index in [9.17, 15) is 0 Å². The number of nitrogens with one attached hydrogen (secondary N) is 1. The fourth-order valence-corrected chi connectivity index (χ4v) is 0.324. The van der Waals surface area contributed by atoms with Crippen LogP contribution >= 0.6 is 0 Å². The van der Waals surface area contributed by atoms with Gasteiger partial charge in [-0.05, 0) is 5.92 Å². The predicted octanol–water partition coefficient (Wildman–Crippen LogP) is 1.36. The van der Waals surface area contributed by atoms with Gasteiger partial charge in [0.2, 0.25) is 0 Å². The Labute approximate surface area is 50.1 Å². The topological polar surface area (TPSA) is 36.2 Å². The van der Waals surface area contributed by atoms with Crippen LogP contribution in [0.15, 0.2) is 4.99 Å². The van der Waals surface area contributed by atoms with Crippen molar-refractivity contribution in [1.29, 1.82) is 5.41 Å². The highest BCUT2D eigenvalue weighted by molar-refractivity contribution is 5.64. The van der Waals surface area contributed by atoms with E-state index < -0.39 is 0 Å². The molecule has 2 heteroatoms. The van der Waals surface area contributed by atoms with Gasteiger partial charge < -0.3 is 5.41 Å². The largest absolute Gasteiger partial charge is 0.311 e. The first-order chi connectivity index (χ1) is 3.77. The average Bonchev–Trinajstić information content (AvgIpc) is 1.66. The van der Waals surface area contributed by atoms with Gasteiger partial charge in [-0.3, -0.25) is 4.99 Å². The molecule has 0 aliphatic heterocycles. The fraction of sp³-hybridized carbons (Fsp3) is 0.667. The molecule has 0 aromatic heterocycles. The van der Waals surface area contributed by atoms with Gasteiger partial charge in [0, 0.05) is 12.4 Å². The van der Waals surface area contributed by atoms with Crippen LogP contribution in [0.2, 0.25) is 0 Å². The maximum atomic E-state index is 6.61. The van der Waals surface area contributed by atoms with E-state index in [4.69, 9.17) is 5.41 Å².